The number of hydrogen-bond acceptors (Lipinski definition) is 3. The second-order valence-electron chi connectivity index (χ2n) is 4.42. The highest BCUT2D eigenvalue weighted by atomic mass is 79.9. The van der Waals surface area contributed by atoms with Crippen LogP contribution >= 0.6 is 15.9 Å². The topological polar surface area (TPSA) is 83.0 Å². The molecule has 2 N–H and O–H groups in total. The van der Waals surface area contributed by atoms with E-state index in [0.717, 1.165) is 4.47 Å². The molecule has 0 fully saturated rings. The molecule has 0 unspecified atom stereocenters. The van der Waals surface area contributed by atoms with Gasteiger partial charge in [-0.3, -0.25) is 4.79 Å². The molecule has 0 saturated heterocycles. The second-order valence-corrected chi connectivity index (χ2v) is 5.33. The number of carbonyl (C=O) groups is 1. The number of aromatic carboxylic acids is 1. The zero-order valence-corrected chi connectivity index (χ0v) is 12.2. The zero-order valence-electron chi connectivity index (χ0n) is 10.6. The van der Waals surface area contributed by atoms with Gasteiger partial charge in [-0.1, -0.05) is 28.1 Å². The van der Waals surface area contributed by atoms with Gasteiger partial charge in [0.2, 0.25) is 5.43 Å². The predicted molar refractivity (Wildman–Crippen MR) is 82.5 cm³/mol. The van der Waals surface area contributed by atoms with Crippen LogP contribution in [-0.4, -0.2) is 21.0 Å². The molecule has 0 spiro atoms. The highest BCUT2D eigenvalue weighted by Crippen LogP contribution is 2.24. The van der Waals surface area contributed by atoms with E-state index in [1.165, 1.54) is 0 Å². The van der Waals surface area contributed by atoms with E-state index in [1.54, 1.807) is 36.5 Å². The number of hydrogen-bond donors (Lipinski definition) is 2. The standard InChI is InChI=1S/C15H9BrN2O3/c16-9-4-1-3-8(7-9)12-11(15(20)21)13(19)10-5-2-6-17-14(10)18-12/h1-7H,(H,20,21)(H,17,18,19). The number of aromatic nitrogens is 2. The van der Waals surface area contributed by atoms with Crippen molar-refractivity contribution < 1.29 is 9.90 Å². The molecule has 0 aliphatic carbocycles. The van der Waals surface area contributed by atoms with Crippen molar-refractivity contribution in [3.63, 3.8) is 0 Å². The lowest BCUT2D eigenvalue weighted by molar-refractivity contribution is 0.0696. The number of nitrogens with zero attached hydrogens (tertiary/aromatic N) is 1. The van der Waals surface area contributed by atoms with E-state index < -0.39 is 11.4 Å². The third-order valence-corrected chi connectivity index (χ3v) is 3.59. The summed E-state index contributed by atoms with van der Waals surface area (Å²) in [4.78, 5) is 30.9. The fourth-order valence-corrected chi connectivity index (χ4v) is 2.58. The first-order chi connectivity index (χ1) is 10.1. The Morgan fingerprint density at radius 1 is 1.24 bits per heavy atom. The number of halogens is 1. The largest absolute Gasteiger partial charge is 0.477 e. The number of carboxylic acids is 1. The van der Waals surface area contributed by atoms with E-state index in [4.69, 9.17) is 0 Å². The minimum Gasteiger partial charge on any atom is -0.477 e. The molecule has 3 rings (SSSR count). The molecule has 6 heteroatoms. The quantitative estimate of drug-likeness (QED) is 0.748. The van der Waals surface area contributed by atoms with Gasteiger partial charge < -0.3 is 10.1 Å². The van der Waals surface area contributed by atoms with E-state index in [1.807, 2.05) is 6.07 Å². The maximum absolute atomic E-state index is 12.4. The molecule has 5 nitrogen and oxygen atoms in total. The Morgan fingerprint density at radius 2 is 2.05 bits per heavy atom. The maximum Gasteiger partial charge on any atom is 0.341 e. The van der Waals surface area contributed by atoms with Crippen LogP contribution in [0.1, 0.15) is 10.4 Å². The van der Waals surface area contributed by atoms with Crippen LogP contribution in [-0.2, 0) is 0 Å². The van der Waals surface area contributed by atoms with Gasteiger partial charge in [-0.05, 0) is 24.3 Å². The molecule has 0 radical (unpaired) electrons. The van der Waals surface area contributed by atoms with Gasteiger partial charge in [-0.25, -0.2) is 9.78 Å². The van der Waals surface area contributed by atoms with E-state index in [-0.39, 0.29) is 16.6 Å². The van der Waals surface area contributed by atoms with E-state index in [2.05, 4.69) is 25.9 Å². The zero-order chi connectivity index (χ0) is 15.0. The van der Waals surface area contributed by atoms with Crippen LogP contribution in [0.5, 0.6) is 0 Å². The number of nitrogens with one attached hydrogen (secondary N) is 1. The van der Waals surface area contributed by atoms with Gasteiger partial charge in [0.25, 0.3) is 0 Å². The minimum absolute atomic E-state index is 0.250. The summed E-state index contributed by atoms with van der Waals surface area (Å²) in [5, 5.41) is 9.64. The molecule has 0 amide bonds. The van der Waals surface area contributed by atoms with Crippen molar-refractivity contribution in [2.45, 2.75) is 0 Å². The number of fused-ring (bicyclic) bond motifs is 1. The molecule has 1 aromatic carbocycles. The van der Waals surface area contributed by atoms with E-state index in [0.29, 0.717) is 11.2 Å². The Bertz CT molecular complexity index is 918. The lowest BCUT2D eigenvalue weighted by Gasteiger charge is -2.08. The fourth-order valence-electron chi connectivity index (χ4n) is 2.18. The van der Waals surface area contributed by atoms with Crippen LogP contribution in [0.4, 0.5) is 0 Å². The Morgan fingerprint density at radius 3 is 2.76 bits per heavy atom. The first-order valence-electron chi connectivity index (χ1n) is 6.08. The van der Waals surface area contributed by atoms with Gasteiger partial charge in [0, 0.05) is 16.2 Å². The fraction of sp³-hybridized carbons (Fsp3) is 0. The first kappa shape index (κ1) is 13.5. The van der Waals surface area contributed by atoms with E-state index in [9.17, 15) is 14.7 Å². The van der Waals surface area contributed by atoms with Crippen LogP contribution in [0.3, 0.4) is 0 Å². The first-order valence-corrected chi connectivity index (χ1v) is 6.87. The number of rotatable bonds is 2. The highest BCUT2D eigenvalue weighted by molar-refractivity contribution is 9.10. The number of H-pyrrole nitrogens is 1. The van der Waals surface area contributed by atoms with Crippen molar-refractivity contribution in [2.75, 3.05) is 0 Å². The summed E-state index contributed by atoms with van der Waals surface area (Å²) in [7, 11) is 0. The molecule has 0 bridgehead atoms. The third-order valence-electron chi connectivity index (χ3n) is 3.10. The minimum atomic E-state index is -1.27. The second kappa shape index (κ2) is 5.14. The molecule has 3 aromatic rings. The average Bonchev–Trinajstić information content (AvgIpc) is 2.46. The van der Waals surface area contributed by atoms with Gasteiger partial charge >= 0.3 is 5.97 Å². The van der Waals surface area contributed by atoms with Crippen molar-refractivity contribution in [3.05, 3.63) is 62.9 Å². The molecule has 0 atom stereocenters. The van der Waals surface area contributed by atoms with Crippen LogP contribution in [0.25, 0.3) is 22.3 Å². The van der Waals surface area contributed by atoms with Gasteiger partial charge in [0.15, 0.2) is 0 Å². The summed E-state index contributed by atoms with van der Waals surface area (Å²) in [6, 6.07) is 10.2. The van der Waals surface area contributed by atoms with Crippen LogP contribution < -0.4 is 5.43 Å². The lowest BCUT2D eigenvalue weighted by atomic mass is 10.0. The number of carboxylic acid groups (broad SMARTS) is 1. The van der Waals surface area contributed by atoms with Crippen molar-refractivity contribution in [3.8, 4) is 11.3 Å². The van der Waals surface area contributed by atoms with Gasteiger partial charge in [-0.15, -0.1) is 0 Å². The lowest BCUT2D eigenvalue weighted by Crippen LogP contribution is -2.18. The van der Waals surface area contributed by atoms with Crippen molar-refractivity contribution in [2.24, 2.45) is 0 Å². The maximum atomic E-state index is 12.4. The Hall–Kier alpha value is -2.47. The summed E-state index contributed by atoms with van der Waals surface area (Å²) < 4.78 is 0.790. The van der Waals surface area contributed by atoms with Gasteiger partial charge in [0.05, 0.1) is 11.1 Å². The Labute approximate surface area is 127 Å². The summed E-state index contributed by atoms with van der Waals surface area (Å²) in [5.41, 5.74) is 0.391. The summed E-state index contributed by atoms with van der Waals surface area (Å²) in [6.45, 7) is 0. The van der Waals surface area contributed by atoms with Crippen LogP contribution in [0.2, 0.25) is 0 Å². The molecule has 0 saturated carbocycles. The monoisotopic (exact) mass is 344 g/mol. The number of benzene rings is 1. The van der Waals surface area contributed by atoms with Crippen LogP contribution in [0.15, 0.2) is 51.9 Å². The number of pyridine rings is 2. The molecule has 21 heavy (non-hydrogen) atoms. The SMILES string of the molecule is O=C(O)c1c(-c2cccc(Br)c2)[nH]c2ncccc2c1=O. The molecule has 0 aliphatic rings. The summed E-state index contributed by atoms with van der Waals surface area (Å²) in [6.07, 6.45) is 1.55. The van der Waals surface area contributed by atoms with Crippen molar-refractivity contribution >= 4 is 32.9 Å². The Balaban J connectivity index is 2.44. The smallest absolute Gasteiger partial charge is 0.341 e. The Kier molecular flexibility index (Phi) is 3.31. The van der Waals surface area contributed by atoms with Crippen LogP contribution in [0, 0.1) is 0 Å². The molecule has 2 heterocycles. The molecule has 0 aliphatic heterocycles. The van der Waals surface area contributed by atoms with Gasteiger partial charge in [-0.2, -0.15) is 0 Å². The van der Waals surface area contributed by atoms with E-state index >= 15 is 0 Å². The third kappa shape index (κ3) is 2.34. The van der Waals surface area contributed by atoms with Crippen molar-refractivity contribution in [1.82, 2.24) is 9.97 Å². The van der Waals surface area contributed by atoms with Crippen molar-refractivity contribution in [1.29, 1.82) is 0 Å². The predicted octanol–water partition coefficient (Wildman–Crippen LogP) is 3.05. The molecule has 2 aromatic heterocycles. The molecular formula is C15H9BrN2O3. The van der Waals surface area contributed by atoms with Gasteiger partial charge in [0.1, 0.15) is 11.2 Å². The summed E-state index contributed by atoms with van der Waals surface area (Å²) in [5.74, 6) is -1.27. The highest BCUT2D eigenvalue weighted by Gasteiger charge is 2.19. The number of aromatic amines is 1. The summed E-state index contributed by atoms with van der Waals surface area (Å²) >= 11 is 3.33. The normalized spacial score (nSPS) is 10.7. The average molecular weight is 345 g/mol. The molecular weight excluding hydrogens is 336 g/mol. The molecule has 104 valence electrons.